The average Bonchev–Trinajstić information content (AvgIpc) is 3.50. The van der Waals surface area contributed by atoms with E-state index in [1.165, 1.54) is 52.6 Å². The molecule has 10 heteroatoms. The number of nitro benzene ring substituents is 1. The molecule has 168 valence electrons. The van der Waals surface area contributed by atoms with Gasteiger partial charge in [-0.15, -0.1) is 11.3 Å². The minimum Gasteiger partial charge on any atom is -0.332 e. The summed E-state index contributed by atoms with van der Waals surface area (Å²) in [4.78, 5) is 38.3. The fourth-order valence-corrected chi connectivity index (χ4v) is 4.32. The van der Waals surface area contributed by atoms with Gasteiger partial charge in [-0.2, -0.15) is 5.10 Å². The molecule has 4 rings (SSSR count). The lowest BCUT2D eigenvalue weighted by Gasteiger charge is -2.24. The molecule has 33 heavy (non-hydrogen) atoms. The van der Waals surface area contributed by atoms with Gasteiger partial charge in [-0.05, 0) is 34.7 Å². The minimum absolute atomic E-state index is 0.0971. The van der Waals surface area contributed by atoms with Gasteiger partial charge in [-0.3, -0.25) is 19.7 Å². The Morgan fingerprint density at radius 2 is 1.97 bits per heavy atom. The van der Waals surface area contributed by atoms with E-state index in [0.717, 1.165) is 0 Å². The molecule has 1 atom stereocenters. The molecular weight excluding hydrogens is 447 g/mol. The summed E-state index contributed by atoms with van der Waals surface area (Å²) in [6.07, 6.45) is 0.293. The normalized spacial score (nSPS) is 15.3. The molecule has 2 heterocycles. The van der Waals surface area contributed by atoms with Crippen LogP contribution in [-0.4, -0.2) is 46.0 Å². The van der Waals surface area contributed by atoms with Gasteiger partial charge in [0.15, 0.2) is 0 Å². The number of amides is 2. The van der Waals surface area contributed by atoms with Crippen LogP contribution in [0.5, 0.6) is 0 Å². The lowest BCUT2D eigenvalue weighted by atomic mass is 9.98. The molecule has 1 aromatic heterocycles. The molecule has 0 saturated carbocycles. The second kappa shape index (κ2) is 9.29. The highest BCUT2D eigenvalue weighted by molar-refractivity contribution is 7.12. The number of hydrogen-bond acceptors (Lipinski definition) is 6. The van der Waals surface area contributed by atoms with Gasteiger partial charge in [0, 0.05) is 25.6 Å². The van der Waals surface area contributed by atoms with Gasteiger partial charge < -0.3 is 4.90 Å². The summed E-state index contributed by atoms with van der Waals surface area (Å²) in [5.74, 6) is -1.11. The Morgan fingerprint density at radius 3 is 2.64 bits per heavy atom. The standard InChI is InChI=1S/C23H19FN4O4S/c1-26(23(30)21-6-3-11-33-21)14-22(29)27-20(16-4-2-5-18(12-16)28(31)32)13-19(25-27)15-7-9-17(24)10-8-15/h2-12,20H,13-14H2,1H3/t20-/m1/s1. The molecule has 0 spiro atoms. The van der Waals surface area contributed by atoms with Crippen LogP contribution < -0.4 is 0 Å². The zero-order valence-electron chi connectivity index (χ0n) is 17.6. The van der Waals surface area contributed by atoms with Gasteiger partial charge in [-0.1, -0.05) is 30.3 Å². The van der Waals surface area contributed by atoms with E-state index in [4.69, 9.17) is 0 Å². The molecule has 0 aliphatic carbocycles. The van der Waals surface area contributed by atoms with Gasteiger partial charge in [0.05, 0.1) is 21.6 Å². The predicted molar refractivity (Wildman–Crippen MR) is 122 cm³/mol. The van der Waals surface area contributed by atoms with E-state index >= 15 is 0 Å². The molecule has 0 fully saturated rings. The Labute approximate surface area is 192 Å². The number of non-ortho nitro benzene ring substituents is 1. The van der Waals surface area contributed by atoms with Crippen LogP contribution in [0.4, 0.5) is 10.1 Å². The van der Waals surface area contributed by atoms with Gasteiger partial charge >= 0.3 is 0 Å². The fourth-order valence-electron chi connectivity index (χ4n) is 3.60. The number of rotatable bonds is 6. The van der Waals surface area contributed by atoms with Crippen molar-refractivity contribution in [3.05, 3.63) is 98.0 Å². The van der Waals surface area contributed by atoms with Gasteiger partial charge in [0.25, 0.3) is 17.5 Å². The molecule has 1 aliphatic heterocycles. The summed E-state index contributed by atoms with van der Waals surface area (Å²) in [6.45, 7) is -0.220. The monoisotopic (exact) mass is 466 g/mol. The zero-order chi connectivity index (χ0) is 23.5. The Morgan fingerprint density at radius 1 is 1.21 bits per heavy atom. The third-order valence-electron chi connectivity index (χ3n) is 5.26. The maximum Gasteiger partial charge on any atom is 0.269 e. The summed E-state index contributed by atoms with van der Waals surface area (Å²) >= 11 is 1.28. The summed E-state index contributed by atoms with van der Waals surface area (Å²) in [5, 5.41) is 18.8. The molecule has 2 amide bonds. The number of nitrogens with zero attached hydrogens (tertiary/aromatic N) is 4. The number of thiophene rings is 1. The van der Waals surface area contributed by atoms with Crippen LogP contribution in [0, 0.1) is 15.9 Å². The first kappa shape index (κ1) is 22.3. The van der Waals surface area contributed by atoms with Crippen molar-refractivity contribution in [1.29, 1.82) is 0 Å². The van der Waals surface area contributed by atoms with Crippen LogP contribution in [-0.2, 0) is 4.79 Å². The average molecular weight is 466 g/mol. The zero-order valence-corrected chi connectivity index (χ0v) is 18.4. The molecule has 0 saturated heterocycles. The molecule has 3 aromatic rings. The number of carbonyl (C=O) groups excluding carboxylic acids is 2. The number of benzene rings is 2. The smallest absolute Gasteiger partial charge is 0.269 e. The third kappa shape index (κ3) is 4.80. The first-order chi connectivity index (χ1) is 15.8. The maximum absolute atomic E-state index is 13.4. The van der Waals surface area contributed by atoms with E-state index in [2.05, 4.69) is 5.10 Å². The molecule has 1 aliphatic rings. The Kier molecular flexibility index (Phi) is 6.27. The highest BCUT2D eigenvalue weighted by Gasteiger charge is 2.34. The number of hydrogen-bond donors (Lipinski definition) is 0. The van der Waals surface area contributed by atoms with Crippen molar-refractivity contribution in [2.24, 2.45) is 5.10 Å². The molecule has 8 nitrogen and oxygen atoms in total. The van der Waals surface area contributed by atoms with E-state index < -0.39 is 22.7 Å². The van der Waals surface area contributed by atoms with Gasteiger partial charge in [0.2, 0.25) is 0 Å². The second-order valence-corrected chi connectivity index (χ2v) is 8.45. The summed E-state index contributed by atoms with van der Waals surface area (Å²) in [5.41, 5.74) is 1.64. The maximum atomic E-state index is 13.4. The van der Waals surface area contributed by atoms with Crippen LogP contribution in [0.15, 0.2) is 71.1 Å². The van der Waals surface area contributed by atoms with E-state index in [-0.39, 0.29) is 18.1 Å². The van der Waals surface area contributed by atoms with Crippen molar-refractivity contribution >= 4 is 34.6 Å². The summed E-state index contributed by atoms with van der Waals surface area (Å²) in [6, 6.07) is 14.6. The SMILES string of the molecule is CN(CC(=O)N1N=C(c2ccc(F)cc2)C[C@@H]1c1cccc([N+](=O)[O-])c1)C(=O)c1cccs1. The van der Waals surface area contributed by atoms with Crippen LogP contribution in [0.1, 0.15) is 33.3 Å². The molecule has 2 aromatic carbocycles. The number of likely N-dealkylation sites (N-methyl/N-ethyl adjacent to an activating group) is 1. The molecule has 0 unspecified atom stereocenters. The van der Waals surface area contributed by atoms with Crippen LogP contribution in [0.2, 0.25) is 0 Å². The Bertz CT molecular complexity index is 1230. The summed E-state index contributed by atoms with van der Waals surface area (Å²) in [7, 11) is 1.53. The van der Waals surface area contributed by atoms with Crippen molar-refractivity contribution in [1.82, 2.24) is 9.91 Å². The van der Waals surface area contributed by atoms with Crippen molar-refractivity contribution in [2.75, 3.05) is 13.6 Å². The molecule has 0 radical (unpaired) electrons. The molecule has 0 bridgehead atoms. The highest BCUT2D eigenvalue weighted by Crippen LogP contribution is 2.34. The molecular formula is C23H19FN4O4S. The van der Waals surface area contributed by atoms with Crippen molar-refractivity contribution in [3.8, 4) is 0 Å². The topological polar surface area (TPSA) is 96.1 Å². The van der Waals surface area contributed by atoms with E-state index in [1.54, 1.807) is 41.8 Å². The molecule has 0 N–H and O–H groups in total. The van der Waals surface area contributed by atoms with Crippen LogP contribution >= 0.6 is 11.3 Å². The lowest BCUT2D eigenvalue weighted by Crippen LogP contribution is -2.39. The van der Waals surface area contributed by atoms with Crippen molar-refractivity contribution in [3.63, 3.8) is 0 Å². The van der Waals surface area contributed by atoms with E-state index in [1.807, 2.05) is 0 Å². The number of carbonyl (C=O) groups is 2. The Balaban J connectivity index is 1.63. The Hall–Kier alpha value is -3.92. The van der Waals surface area contributed by atoms with Gasteiger partial charge in [-0.25, -0.2) is 9.40 Å². The number of halogens is 1. The third-order valence-corrected chi connectivity index (χ3v) is 6.12. The quantitative estimate of drug-likeness (QED) is 0.401. The van der Waals surface area contributed by atoms with Crippen molar-refractivity contribution < 1.29 is 18.9 Å². The minimum atomic E-state index is -0.595. The van der Waals surface area contributed by atoms with Crippen molar-refractivity contribution in [2.45, 2.75) is 12.5 Å². The number of nitro groups is 1. The first-order valence-corrected chi connectivity index (χ1v) is 10.9. The van der Waals surface area contributed by atoms with Gasteiger partial charge in [0.1, 0.15) is 12.4 Å². The lowest BCUT2D eigenvalue weighted by molar-refractivity contribution is -0.385. The van der Waals surface area contributed by atoms with Crippen LogP contribution in [0.3, 0.4) is 0 Å². The second-order valence-electron chi connectivity index (χ2n) is 7.50. The highest BCUT2D eigenvalue weighted by atomic mass is 32.1. The van der Waals surface area contributed by atoms with E-state index in [0.29, 0.717) is 28.1 Å². The number of hydrazone groups is 1. The summed E-state index contributed by atoms with van der Waals surface area (Å²) < 4.78 is 13.4. The first-order valence-electron chi connectivity index (χ1n) is 10.0. The van der Waals surface area contributed by atoms with Crippen LogP contribution in [0.25, 0.3) is 0 Å². The fraction of sp³-hybridized carbons (Fsp3) is 0.174. The van der Waals surface area contributed by atoms with E-state index in [9.17, 15) is 24.1 Å². The largest absolute Gasteiger partial charge is 0.332 e. The predicted octanol–water partition coefficient (Wildman–Crippen LogP) is 4.25.